The van der Waals surface area contributed by atoms with Crippen molar-refractivity contribution in [2.45, 2.75) is 44.6 Å². The maximum Gasteiger partial charge on any atom is 0.336 e. The van der Waals surface area contributed by atoms with Gasteiger partial charge in [0.15, 0.2) is 0 Å². The van der Waals surface area contributed by atoms with Crippen molar-refractivity contribution in [2.75, 3.05) is 5.32 Å². The summed E-state index contributed by atoms with van der Waals surface area (Å²) in [5.41, 5.74) is 3.46. The predicted molar refractivity (Wildman–Crippen MR) is 76.1 cm³/mol. The van der Waals surface area contributed by atoms with E-state index in [9.17, 15) is 9.90 Å². The van der Waals surface area contributed by atoms with E-state index in [1.165, 1.54) is 19.3 Å². The largest absolute Gasteiger partial charge is 0.478 e. The number of carboxylic acids is 1. The molecule has 0 spiro atoms. The lowest BCUT2D eigenvalue weighted by Crippen LogP contribution is -2.30. The Hall–Kier alpha value is -1.77. The molecule has 0 bridgehead atoms. The van der Waals surface area contributed by atoms with Crippen molar-refractivity contribution in [3.05, 3.63) is 35.4 Å². The van der Waals surface area contributed by atoms with Crippen LogP contribution in [0.3, 0.4) is 0 Å². The second kappa shape index (κ2) is 5.08. The zero-order valence-electron chi connectivity index (χ0n) is 11.0. The Morgan fingerprint density at radius 1 is 1.16 bits per heavy atom. The first-order valence-electron chi connectivity index (χ1n) is 7.09. The summed E-state index contributed by atoms with van der Waals surface area (Å²) in [5, 5.41) is 13.1. The van der Waals surface area contributed by atoms with Gasteiger partial charge in [-0.1, -0.05) is 37.5 Å². The molecule has 1 aliphatic heterocycles. The second-order valence-corrected chi connectivity index (χ2v) is 5.40. The molecule has 0 unspecified atom stereocenters. The minimum atomic E-state index is -0.783. The summed E-state index contributed by atoms with van der Waals surface area (Å²) in [5.74, 6) is -0.783. The highest BCUT2D eigenvalue weighted by Crippen LogP contribution is 2.38. The van der Waals surface area contributed by atoms with E-state index in [0.717, 1.165) is 36.1 Å². The number of benzene rings is 1. The van der Waals surface area contributed by atoms with Crippen molar-refractivity contribution in [1.29, 1.82) is 0 Å². The van der Waals surface area contributed by atoms with Gasteiger partial charge in [-0.25, -0.2) is 4.79 Å². The van der Waals surface area contributed by atoms with Crippen LogP contribution in [0, 0.1) is 0 Å². The molecule has 3 heteroatoms. The standard InChI is InChI=1S/C16H19NO2/c18-16(19)15-11-7-3-1-2-4-9-13(11)17-14-10-6-5-8-12(14)15/h5-6,8,10,13,17H,1-4,7,9H2,(H,18,19)/t13-/m1/s1. The minimum absolute atomic E-state index is 0.210. The zero-order valence-corrected chi connectivity index (χ0v) is 11.0. The van der Waals surface area contributed by atoms with Crippen molar-refractivity contribution >= 4 is 17.2 Å². The van der Waals surface area contributed by atoms with Crippen LogP contribution in [0.2, 0.25) is 0 Å². The Labute approximate surface area is 113 Å². The fourth-order valence-electron chi connectivity index (χ4n) is 3.26. The van der Waals surface area contributed by atoms with Gasteiger partial charge in [-0.3, -0.25) is 0 Å². The molecular formula is C16H19NO2. The van der Waals surface area contributed by atoms with Crippen LogP contribution < -0.4 is 5.32 Å². The topological polar surface area (TPSA) is 49.3 Å². The van der Waals surface area contributed by atoms with Gasteiger partial charge in [0.25, 0.3) is 0 Å². The molecule has 2 N–H and O–H groups in total. The zero-order chi connectivity index (χ0) is 13.2. The maximum absolute atomic E-state index is 11.7. The fraction of sp³-hybridized carbons (Fsp3) is 0.438. The normalized spacial score (nSPS) is 22.6. The smallest absolute Gasteiger partial charge is 0.336 e. The number of aliphatic carboxylic acids is 1. The number of carboxylic acid groups (broad SMARTS) is 1. The molecule has 1 aromatic rings. The van der Waals surface area contributed by atoms with E-state index in [1.807, 2.05) is 24.3 Å². The van der Waals surface area contributed by atoms with Gasteiger partial charge in [-0.15, -0.1) is 0 Å². The van der Waals surface area contributed by atoms with E-state index in [1.54, 1.807) is 0 Å². The van der Waals surface area contributed by atoms with Gasteiger partial charge in [0.05, 0.1) is 5.57 Å². The van der Waals surface area contributed by atoms with Crippen molar-refractivity contribution in [1.82, 2.24) is 0 Å². The molecule has 100 valence electrons. The number of anilines is 1. The molecule has 19 heavy (non-hydrogen) atoms. The third-order valence-corrected chi connectivity index (χ3v) is 4.17. The van der Waals surface area contributed by atoms with Crippen molar-refractivity contribution in [3.63, 3.8) is 0 Å². The van der Waals surface area contributed by atoms with Crippen LogP contribution in [0.25, 0.3) is 5.57 Å². The van der Waals surface area contributed by atoms with Gasteiger partial charge in [0.1, 0.15) is 0 Å². The molecule has 0 aromatic heterocycles. The van der Waals surface area contributed by atoms with Gasteiger partial charge in [-0.2, -0.15) is 0 Å². The molecule has 2 aliphatic rings. The fourth-order valence-corrected chi connectivity index (χ4v) is 3.26. The summed E-state index contributed by atoms with van der Waals surface area (Å²) in [6.07, 6.45) is 6.71. The molecule has 0 saturated heterocycles. The second-order valence-electron chi connectivity index (χ2n) is 5.40. The van der Waals surface area contributed by atoms with E-state index in [-0.39, 0.29) is 6.04 Å². The summed E-state index contributed by atoms with van der Waals surface area (Å²) < 4.78 is 0. The summed E-state index contributed by atoms with van der Waals surface area (Å²) in [4.78, 5) is 11.7. The Balaban J connectivity index is 2.11. The average Bonchev–Trinajstić information content (AvgIpc) is 2.38. The van der Waals surface area contributed by atoms with Gasteiger partial charge >= 0.3 is 5.97 Å². The Bertz CT molecular complexity index is 533. The quantitative estimate of drug-likeness (QED) is 0.807. The van der Waals surface area contributed by atoms with Gasteiger partial charge < -0.3 is 10.4 Å². The van der Waals surface area contributed by atoms with Crippen LogP contribution in [0.4, 0.5) is 5.69 Å². The van der Waals surface area contributed by atoms with Crippen LogP contribution in [0.1, 0.15) is 44.1 Å². The van der Waals surface area contributed by atoms with E-state index in [2.05, 4.69) is 5.32 Å². The van der Waals surface area contributed by atoms with Crippen molar-refractivity contribution < 1.29 is 9.90 Å². The summed E-state index contributed by atoms with van der Waals surface area (Å²) >= 11 is 0. The van der Waals surface area contributed by atoms with Crippen LogP contribution in [0.15, 0.2) is 29.8 Å². The summed E-state index contributed by atoms with van der Waals surface area (Å²) in [6.45, 7) is 0. The number of fused-ring (bicyclic) bond motifs is 2. The molecule has 0 radical (unpaired) electrons. The summed E-state index contributed by atoms with van der Waals surface area (Å²) in [6, 6.07) is 7.97. The van der Waals surface area contributed by atoms with Crippen LogP contribution in [-0.4, -0.2) is 17.1 Å². The van der Waals surface area contributed by atoms with E-state index in [4.69, 9.17) is 0 Å². The first-order chi connectivity index (χ1) is 9.27. The Morgan fingerprint density at radius 3 is 2.79 bits per heavy atom. The molecule has 1 fully saturated rings. The third-order valence-electron chi connectivity index (χ3n) is 4.17. The number of hydrogen-bond acceptors (Lipinski definition) is 2. The Morgan fingerprint density at radius 2 is 1.95 bits per heavy atom. The van der Waals surface area contributed by atoms with Gasteiger partial charge in [-0.05, 0) is 30.9 Å². The van der Waals surface area contributed by atoms with Crippen LogP contribution >= 0.6 is 0 Å². The highest BCUT2D eigenvalue weighted by molar-refractivity contribution is 6.19. The van der Waals surface area contributed by atoms with Crippen molar-refractivity contribution in [3.8, 4) is 0 Å². The number of hydrogen-bond donors (Lipinski definition) is 2. The first-order valence-corrected chi connectivity index (χ1v) is 7.09. The minimum Gasteiger partial charge on any atom is -0.478 e. The Kier molecular flexibility index (Phi) is 3.28. The monoisotopic (exact) mass is 257 g/mol. The molecule has 1 aliphatic carbocycles. The molecular weight excluding hydrogens is 238 g/mol. The van der Waals surface area contributed by atoms with Gasteiger partial charge in [0, 0.05) is 17.3 Å². The van der Waals surface area contributed by atoms with Crippen molar-refractivity contribution in [2.24, 2.45) is 0 Å². The number of para-hydroxylation sites is 1. The van der Waals surface area contributed by atoms with E-state index >= 15 is 0 Å². The molecule has 3 rings (SSSR count). The predicted octanol–water partition coefficient (Wildman–Crippen LogP) is 3.67. The average molecular weight is 257 g/mol. The lowest BCUT2D eigenvalue weighted by atomic mass is 9.83. The molecule has 1 saturated carbocycles. The van der Waals surface area contributed by atoms with Crippen LogP contribution in [-0.2, 0) is 4.79 Å². The van der Waals surface area contributed by atoms with E-state index < -0.39 is 5.97 Å². The lowest BCUT2D eigenvalue weighted by molar-refractivity contribution is -0.130. The highest BCUT2D eigenvalue weighted by atomic mass is 16.4. The third kappa shape index (κ3) is 2.25. The number of rotatable bonds is 1. The summed E-state index contributed by atoms with van der Waals surface area (Å²) in [7, 11) is 0. The van der Waals surface area contributed by atoms with Gasteiger partial charge in [0.2, 0.25) is 0 Å². The molecule has 3 nitrogen and oxygen atoms in total. The lowest BCUT2D eigenvalue weighted by Gasteiger charge is -2.32. The molecule has 1 atom stereocenters. The SMILES string of the molecule is O=C(O)C1=C2CCCCCC[C@H]2Nc2ccccc21. The molecule has 1 aromatic carbocycles. The first kappa shape index (κ1) is 12.3. The maximum atomic E-state index is 11.7. The number of carbonyl (C=O) groups is 1. The van der Waals surface area contributed by atoms with E-state index in [0.29, 0.717) is 5.57 Å². The highest BCUT2D eigenvalue weighted by Gasteiger charge is 2.30. The molecule has 1 heterocycles. The number of nitrogens with one attached hydrogen (secondary N) is 1. The molecule has 0 amide bonds. The van der Waals surface area contributed by atoms with Crippen LogP contribution in [0.5, 0.6) is 0 Å².